The second-order valence-electron chi connectivity index (χ2n) is 6.58. The number of amides is 1. The normalized spacial score (nSPS) is 29.1. The molecule has 2 heterocycles. The van der Waals surface area contributed by atoms with Crippen LogP contribution in [0.3, 0.4) is 0 Å². The molecule has 6 heteroatoms. The van der Waals surface area contributed by atoms with Crippen molar-refractivity contribution in [2.75, 3.05) is 7.05 Å². The van der Waals surface area contributed by atoms with E-state index in [1.807, 2.05) is 23.6 Å². The number of aromatic nitrogens is 2. The number of halogens is 2. The largest absolute Gasteiger partial charge is 0.334 e. The molecule has 0 spiro atoms. The van der Waals surface area contributed by atoms with Gasteiger partial charge in [-0.15, -0.1) is 0 Å². The Hall–Kier alpha value is -1.62. The number of hydrogen-bond donors (Lipinski definition) is 0. The van der Waals surface area contributed by atoms with Gasteiger partial charge in [0.15, 0.2) is 5.15 Å². The van der Waals surface area contributed by atoms with E-state index in [4.69, 9.17) is 11.6 Å². The molecule has 2 aromatic rings. The van der Waals surface area contributed by atoms with Gasteiger partial charge in [0.25, 0.3) is 5.91 Å². The molecule has 2 aromatic heterocycles. The van der Waals surface area contributed by atoms with Gasteiger partial charge in [0, 0.05) is 44.4 Å². The molecule has 0 aromatic carbocycles. The maximum Gasteiger partial charge on any atom is 0.270 e. The Kier molecular flexibility index (Phi) is 2.69. The Morgan fingerprint density at radius 1 is 1.50 bits per heavy atom. The number of carbonyl (C=O) groups is 1. The van der Waals surface area contributed by atoms with Crippen LogP contribution in [0, 0.1) is 0 Å². The predicted octanol–water partition coefficient (Wildman–Crippen LogP) is 3.43. The molecule has 5 rings (SSSR count). The molecule has 0 atom stereocenters. The van der Waals surface area contributed by atoms with E-state index in [1.165, 1.54) is 0 Å². The zero-order chi connectivity index (χ0) is 15.7. The highest BCUT2D eigenvalue weighted by Crippen LogP contribution is 2.65. The van der Waals surface area contributed by atoms with Crippen molar-refractivity contribution in [3.63, 3.8) is 0 Å². The predicted molar refractivity (Wildman–Crippen MR) is 82.9 cm³/mol. The average molecular weight is 322 g/mol. The molecule has 3 fully saturated rings. The highest BCUT2D eigenvalue weighted by molar-refractivity contribution is 6.34. The lowest BCUT2D eigenvalue weighted by atomic mass is 9.47. The van der Waals surface area contributed by atoms with E-state index in [2.05, 4.69) is 4.98 Å². The average Bonchev–Trinajstić information content (AvgIpc) is 2.81. The number of aryl methyl sites for hydroxylation is 1. The van der Waals surface area contributed by atoms with Crippen LogP contribution in [-0.4, -0.2) is 38.6 Å². The van der Waals surface area contributed by atoms with Gasteiger partial charge in [-0.2, -0.15) is 0 Å². The molecule has 0 aliphatic heterocycles. The third kappa shape index (κ3) is 1.63. The first-order chi connectivity index (χ1) is 10.4. The number of alkyl halides is 1. The van der Waals surface area contributed by atoms with Gasteiger partial charge in [-0.1, -0.05) is 11.6 Å². The van der Waals surface area contributed by atoms with Gasteiger partial charge in [-0.05, 0) is 19.1 Å². The summed E-state index contributed by atoms with van der Waals surface area (Å²) < 4.78 is 15.6. The summed E-state index contributed by atoms with van der Waals surface area (Å²) >= 11 is 6.19. The highest BCUT2D eigenvalue weighted by atomic mass is 35.5. The summed E-state index contributed by atoms with van der Waals surface area (Å²) in [5.41, 5.74) is 0.0813. The summed E-state index contributed by atoms with van der Waals surface area (Å²) in [4.78, 5) is 18.7. The molecular formula is C16H17ClFN3O. The second-order valence-corrected chi connectivity index (χ2v) is 6.94. The molecule has 3 aliphatic rings. The molecule has 116 valence electrons. The van der Waals surface area contributed by atoms with E-state index in [1.54, 1.807) is 18.1 Å². The van der Waals surface area contributed by atoms with Crippen molar-refractivity contribution in [2.24, 2.45) is 0 Å². The SMILES string of the molecule is CCn1c(C(=O)N(C)C23CC(F)(C2)C3)cc2ccnc(Cl)c21. The van der Waals surface area contributed by atoms with Crippen molar-refractivity contribution in [2.45, 2.75) is 43.9 Å². The number of carbonyl (C=O) groups excluding carboxylic acids is 1. The van der Waals surface area contributed by atoms with Crippen LogP contribution in [-0.2, 0) is 6.54 Å². The first-order valence-electron chi connectivity index (χ1n) is 7.50. The number of nitrogens with zero attached hydrogens (tertiary/aromatic N) is 3. The summed E-state index contributed by atoms with van der Waals surface area (Å²) in [6.45, 7) is 2.60. The Bertz CT molecular complexity index is 780. The van der Waals surface area contributed by atoms with Gasteiger partial charge in [0.05, 0.1) is 11.1 Å². The van der Waals surface area contributed by atoms with Crippen LogP contribution in [0.4, 0.5) is 4.39 Å². The minimum Gasteiger partial charge on any atom is -0.334 e. The van der Waals surface area contributed by atoms with Crippen molar-refractivity contribution < 1.29 is 9.18 Å². The number of fused-ring (bicyclic) bond motifs is 1. The smallest absolute Gasteiger partial charge is 0.270 e. The molecule has 0 N–H and O–H groups in total. The highest BCUT2D eigenvalue weighted by Gasteiger charge is 2.71. The molecule has 1 amide bonds. The van der Waals surface area contributed by atoms with Crippen LogP contribution >= 0.6 is 11.6 Å². The lowest BCUT2D eigenvalue weighted by Crippen LogP contribution is -2.76. The summed E-state index contributed by atoms with van der Waals surface area (Å²) in [6, 6.07) is 3.70. The first kappa shape index (κ1) is 14.0. The zero-order valence-electron chi connectivity index (χ0n) is 12.6. The van der Waals surface area contributed by atoms with Crippen molar-refractivity contribution in [3.05, 3.63) is 29.2 Å². The summed E-state index contributed by atoms with van der Waals surface area (Å²) in [5, 5.41) is 1.30. The number of pyridine rings is 1. The fourth-order valence-corrected chi connectivity index (χ4v) is 4.30. The number of rotatable bonds is 3. The van der Waals surface area contributed by atoms with Gasteiger partial charge < -0.3 is 9.47 Å². The van der Waals surface area contributed by atoms with E-state index >= 15 is 0 Å². The van der Waals surface area contributed by atoms with Crippen molar-refractivity contribution in [1.29, 1.82) is 0 Å². The van der Waals surface area contributed by atoms with Crippen LogP contribution in [0.5, 0.6) is 0 Å². The Morgan fingerprint density at radius 3 is 2.77 bits per heavy atom. The molecule has 3 aliphatic carbocycles. The molecule has 0 saturated heterocycles. The second kappa shape index (κ2) is 4.22. The first-order valence-corrected chi connectivity index (χ1v) is 7.88. The molecule has 2 bridgehead atoms. The van der Waals surface area contributed by atoms with E-state index in [-0.39, 0.29) is 11.4 Å². The third-order valence-electron chi connectivity index (χ3n) is 5.25. The minimum absolute atomic E-state index is 0.0733. The molecule has 0 unspecified atom stereocenters. The molecule has 0 radical (unpaired) electrons. The molecule has 22 heavy (non-hydrogen) atoms. The van der Waals surface area contributed by atoms with Gasteiger partial charge >= 0.3 is 0 Å². The monoisotopic (exact) mass is 321 g/mol. The Balaban J connectivity index is 1.74. The van der Waals surface area contributed by atoms with E-state index in [9.17, 15) is 9.18 Å². The topological polar surface area (TPSA) is 38.1 Å². The van der Waals surface area contributed by atoms with Crippen molar-refractivity contribution >= 4 is 28.4 Å². The standard InChI is InChI=1S/C16H17ClFN3O/c1-3-21-11(6-10-4-5-19-13(17)12(10)21)14(22)20(2)16-7-15(18,8-16)9-16/h4-6H,3,7-9H2,1-2H3. The third-order valence-corrected chi connectivity index (χ3v) is 5.53. The van der Waals surface area contributed by atoms with E-state index < -0.39 is 5.67 Å². The maximum absolute atomic E-state index is 13.7. The maximum atomic E-state index is 13.7. The van der Waals surface area contributed by atoms with E-state index in [0.29, 0.717) is 36.7 Å². The lowest BCUT2D eigenvalue weighted by molar-refractivity contribution is -0.207. The summed E-state index contributed by atoms with van der Waals surface area (Å²) in [6.07, 6.45) is 3.04. The summed E-state index contributed by atoms with van der Waals surface area (Å²) in [5.74, 6) is -0.0733. The van der Waals surface area contributed by atoms with Gasteiger partial charge in [-0.3, -0.25) is 4.79 Å². The van der Waals surface area contributed by atoms with Crippen molar-refractivity contribution in [1.82, 2.24) is 14.5 Å². The van der Waals surface area contributed by atoms with Gasteiger partial charge in [0.2, 0.25) is 0 Å². The fraction of sp³-hybridized carbons (Fsp3) is 0.500. The molecule has 4 nitrogen and oxygen atoms in total. The Morgan fingerprint density at radius 2 is 2.18 bits per heavy atom. The molecule has 3 saturated carbocycles. The van der Waals surface area contributed by atoms with Crippen LogP contribution < -0.4 is 0 Å². The fourth-order valence-electron chi connectivity index (χ4n) is 4.03. The lowest BCUT2D eigenvalue weighted by Gasteiger charge is -2.68. The minimum atomic E-state index is -1.01. The van der Waals surface area contributed by atoms with Gasteiger partial charge in [-0.25, -0.2) is 9.37 Å². The van der Waals surface area contributed by atoms with Crippen molar-refractivity contribution in [3.8, 4) is 0 Å². The molecular weight excluding hydrogens is 305 g/mol. The Labute approximate surface area is 132 Å². The van der Waals surface area contributed by atoms with Crippen LogP contribution in [0.2, 0.25) is 5.15 Å². The summed E-state index contributed by atoms with van der Waals surface area (Å²) in [7, 11) is 1.78. The zero-order valence-corrected chi connectivity index (χ0v) is 13.3. The van der Waals surface area contributed by atoms with Gasteiger partial charge in [0.1, 0.15) is 11.4 Å². The number of hydrogen-bond acceptors (Lipinski definition) is 2. The van der Waals surface area contributed by atoms with Crippen LogP contribution in [0.25, 0.3) is 10.9 Å². The van der Waals surface area contributed by atoms with Crippen LogP contribution in [0.1, 0.15) is 36.7 Å². The quantitative estimate of drug-likeness (QED) is 0.812. The van der Waals surface area contributed by atoms with E-state index in [0.717, 1.165) is 10.9 Å². The van der Waals surface area contributed by atoms with Crippen LogP contribution in [0.15, 0.2) is 18.3 Å².